The van der Waals surface area contributed by atoms with Crippen LogP contribution in [0.3, 0.4) is 0 Å². The van der Waals surface area contributed by atoms with Crippen molar-refractivity contribution in [3.8, 4) is 17.2 Å². The monoisotopic (exact) mass is 412 g/mol. The summed E-state index contributed by atoms with van der Waals surface area (Å²) < 4.78 is 16.1. The van der Waals surface area contributed by atoms with Gasteiger partial charge in [0.2, 0.25) is 5.75 Å². The minimum absolute atomic E-state index is 0.452. The van der Waals surface area contributed by atoms with E-state index in [4.69, 9.17) is 14.2 Å². The number of allylic oxidation sites excluding steroid dienone is 1. The number of hydrogen-bond acceptors (Lipinski definition) is 6. The second kappa shape index (κ2) is 11.6. The topological polar surface area (TPSA) is 80.2 Å². The molecule has 0 spiro atoms. The molecule has 0 radical (unpaired) electrons. The molecule has 6 nitrogen and oxygen atoms in total. The molecule has 0 heterocycles. The molecule has 2 rings (SSSR count). The standard InChI is InChI=1S/C21H35NO5P/c1-25-19-14-18(15-20(26-2)21(19)27-3)10-12-22-11-7-13-28(23,24)16-17-8-5-4-6-9-17/h14-16,22-24H,4-13H2,1-3H3/q+1. The molecule has 0 unspecified atom stereocenters. The number of ether oxygens (including phenoxy) is 3. The van der Waals surface area contributed by atoms with E-state index in [1.54, 1.807) is 27.1 Å². The Kier molecular flexibility index (Phi) is 9.52. The minimum atomic E-state index is -2.90. The van der Waals surface area contributed by atoms with Crippen LogP contribution in [0.15, 0.2) is 23.5 Å². The van der Waals surface area contributed by atoms with Crippen LogP contribution in [-0.2, 0) is 6.42 Å². The lowest BCUT2D eigenvalue weighted by Crippen LogP contribution is -2.19. The van der Waals surface area contributed by atoms with Crippen molar-refractivity contribution in [3.05, 3.63) is 29.1 Å². The van der Waals surface area contributed by atoms with Gasteiger partial charge in [0.15, 0.2) is 11.5 Å². The Morgan fingerprint density at radius 2 is 1.61 bits per heavy atom. The smallest absolute Gasteiger partial charge is 0.292 e. The molecule has 28 heavy (non-hydrogen) atoms. The third-order valence-electron chi connectivity index (χ3n) is 5.04. The van der Waals surface area contributed by atoms with E-state index in [2.05, 4.69) is 5.32 Å². The normalized spacial score (nSPS) is 14.7. The fourth-order valence-electron chi connectivity index (χ4n) is 3.57. The maximum absolute atomic E-state index is 10.3. The summed E-state index contributed by atoms with van der Waals surface area (Å²) in [6, 6.07) is 3.91. The highest BCUT2D eigenvalue weighted by molar-refractivity contribution is 7.67. The zero-order chi connectivity index (χ0) is 20.4. The van der Waals surface area contributed by atoms with Gasteiger partial charge in [-0.15, -0.1) is 0 Å². The van der Waals surface area contributed by atoms with E-state index >= 15 is 0 Å². The molecule has 3 N–H and O–H groups in total. The molecule has 0 bridgehead atoms. The number of nitrogens with one attached hydrogen (secondary N) is 1. The first-order valence-electron chi connectivity index (χ1n) is 10.0. The SMILES string of the molecule is COc1cc(CCNCCC[P+](O)(O)C=C2CCCCC2)cc(OC)c1OC. The number of rotatable bonds is 11. The fraction of sp³-hybridized carbons (Fsp3) is 0.619. The van der Waals surface area contributed by atoms with Crippen LogP contribution in [0, 0.1) is 0 Å². The van der Waals surface area contributed by atoms with Gasteiger partial charge in [0.05, 0.1) is 21.3 Å². The summed E-state index contributed by atoms with van der Waals surface area (Å²) in [5.74, 6) is 3.69. The largest absolute Gasteiger partial charge is 0.493 e. The summed E-state index contributed by atoms with van der Waals surface area (Å²) in [6.07, 6.45) is 7.68. The van der Waals surface area contributed by atoms with E-state index < -0.39 is 7.72 Å². The second-order valence-electron chi connectivity index (χ2n) is 7.24. The van der Waals surface area contributed by atoms with Gasteiger partial charge in [0, 0.05) is 0 Å². The van der Waals surface area contributed by atoms with Crippen LogP contribution in [0.1, 0.15) is 44.1 Å². The maximum Gasteiger partial charge on any atom is 0.292 e. The summed E-state index contributed by atoms with van der Waals surface area (Å²) in [5, 5.41) is 3.38. The number of benzene rings is 1. The summed E-state index contributed by atoms with van der Waals surface area (Å²) in [5.41, 5.74) is 2.33. The minimum Gasteiger partial charge on any atom is -0.493 e. The predicted octanol–water partition coefficient (Wildman–Crippen LogP) is 3.91. The summed E-state index contributed by atoms with van der Waals surface area (Å²) in [6.45, 7) is 1.55. The second-order valence-corrected chi connectivity index (χ2v) is 9.52. The van der Waals surface area contributed by atoms with E-state index in [1.807, 2.05) is 12.1 Å². The Bertz CT molecular complexity index is 615. The van der Waals surface area contributed by atoms with Gasteiger partial charge in [-0.2, -0.15) is 0 Å². The third kappa shape index (κ3) is 7.25. The molecule has 1 aliphatic rings. The van der Waals surface area contributed by atoms with Crippen molar-refractivity contribution in [1.82, 2.24) is 5.32 Å². The first kappa shape index (κ1) is 23.0. The lowest BCUT2D eigenvalue weighted by atomic mass is 9.96. The number of methoxy groups -OCH3 is 3. The molecule has 1 saturated carbocycles. The molecule has 0 amide bonds. The van der Waals surface area contributed by atoms with E-state index in [1.165, 1.54) is 24.8 Å². The van der Waals surface area contributed by atoms with Gasteiger partial charge in [0.25, 0.3) is 7.72 Å². The van der Waals surface area contributed by atoms with Crippen LogP contribution in [0.5, 0.6) is 17.2 Å². The third-order valence-corrected chi connectivity index (χ3v) is 6.79. The van der Waals surface area contributed by atoms with Gasteiger partial charge < -0.3 is 19.5 Å². The van der Waals surface area contributed by atoms with Crippen LogP contribution in [0.4, 0.5) is 0 Å². The van der Waals surface area contributed by atoms with Crippen molar-refractivity contribution in [2.75, 3.05) is 40.6 Å². The Morgan fingerprint density at radius 1 is 0.964 bits per heavy atom. The maximum atomic E-state index is 10.3. The quantitative estimate of drug-likeness (QED) is 0.378. The average molecular weight is 412 g/mol. The highest BCUT2D eigenvalue weighted by Crippen LogP contribution is 2.54. The van der Waals surface area contributed by atoms with Gasteiger partial charge in [-0.1, -0.05) is 6.42 Å². The van der Waals surface area contributed by atoms with E-state index in [0.717, 1.165) is 44.3 Å². The zero-order valence-electron chi connectivity index (χ0n) is 17.4. The molecule has 1 aromatic rings. The Hall–Kier alpha value is -1.33. The first-order chi connectivity index (χ1) is 13.5. The van der Waals surface area contributed by atoms with Gasteiger partial charge >= 0.3 is 0 Å². The van der Waals surface area contributed by atoms with Crippen LogP contribution in [-0.4, -0.2) is 50.4 Å². The summed E-state index contributed by atoms with van der Waals surface area (Å²) in [7, 11) is 1.92. The van der Waals surface area contributed by atoms with Crippen molar-refractivity contribution in [2.24, 2.45) is 0 Å². The van der Waals surface area contributed by atoms with E-state index in [0.29, 0.717) is 23.4 Å². The molecule has 1 fully saturated rings. The van der Waals surface area contributed by atoms with Crippen LogP contribution in [0.25, 0.3) is 0 Å². The highest BCUT2D eigenvalue weighted by Gasteiger charge is 2.30. The molecule has 0 aliphatic heterocycles. The van der Waals surface area contributed by atoms with Crippen molar-refractivity contribution in [1.29, 1.82) is 0 Å². The molecule has 0 saturated heterocycles. The van der Waals surface area contributed by atoms with Gasteiger partial charge in [-0.05, 0) is 74.9 Å². The van der Waals surface area contributed by atoms with Gasteiger partial charge in [-0.25, -0.2) is 9.79 Å². The molecule has 1 aromatic carbocycles. The van der Waals surface area contributed by atoms with E-state index in [-0.39, 0.29) is 0 Å². The predicted molar refractivity (Wildman–Crippen MR) is 115 cm³/mol. The average Bonchev–Trinajstić information content (AvgIpc) is 2.70. The zero-order valence-corrected chi connectivity index (χ0v) is 18.3. The van der Waals surface area contributed by atoms with E-state index in [9.17, 15) is 9.79 Å². The fourth-order valence-corrected chi connectivity index (χ4v) is 5.16. The molecule has 158 valence electrons. The summed E-state index contributed by atoms with van der Waals surface area (Å²) >= 11 is 0. The molecular weight excluding hydrogens is 377 g/mol. The number of hydrogen-bond donors (Lipinski definition) is 3. The summed E-state index contributed by atoms with van der Waals surface area (Å²) in [4.78, 5) is 20.6. The van der Waals surface area contributed by atoms with Crippen molar-refractivity contribution >= 4 is 7.72 Å². The Labute approximate surface area is 169 Å². The molecule has 7 heteroatoms. The van der Waals surface area contributed by atoms with Gasteiger partial charge in [-0.3, -0.25) is 0 Å². The van der Waals surface area contributed by atoms with Crippen molar-refractivity contribution < 1.29 is 24.0 Å². The molecule has 0 atom stereocenters. The lowest BCUT2D eigenvalue weighted by Gasteiger charge is -2.15. The Morgan fingerprint density at radius 3 is 2.18 bits per heavy atom. The van der Waals surface area contributed by atoms with Gasteiger partial charge in [0.1, 0.15) is 12.0 Å². The van der Waals surface area contributed by atoms with Crippen LogP contribution >= 0.6 is 7.72 Å². The van der Waals surface area contributed by atoms with Crippen molar-refractivity contribution in [3.63, 3.8) is 0 Å². The highest BCUT2D eigenvalue weighted by atomic mass is 31.2. The molecule has 1 aliphatic carbocycles. The van der Waals surface area contributed by atoms with Crippen LogP contribution in [0.2, 0.25) is 0 Å². The van der Waals surface area contributed by atoms with Crippen LogP contribution < -0.4 is 19.5 Å². The molecule has 0 aromatic heterocycles. The van der Waals surface area contributed by atoms with Crippen molar-refractivity contribution in [2.45, 2.75) is 44.9 Å². The lowest BCUT2D eigenvalue weighted by molar-refractivity contribution is 0.323. The first-order valence-corrected chi connectivity index (χ1v) is 12.0. The molecular formula is C21H35NO5P+. The Balaban J connectivity index is 1.74.